The second kappa shape index (κ2) is 4.58. The van der Waals surface area contributed by atoms with Crippen LogP contribution in [-0.2, 0) is 6.42 Å². The average molecular weight is 236 g/mol. The van der Waals surface area contributed by atoms with Crippen molar-refractivity contribution < 1.29 is 0 Å². The number of hydrogen-bond donors (Lipinski definition) is 1. The largest absolute Gasteiger partial charge is 0.382 e. The number of nitrogens with zero attached hydrogens (tertiary/aromatic N) is 2. The maximum atomic E-state index is 6.19. The Kier molecular flexibility index (Phi) is 3.15. The molecule has 0 aliphatic rings. The Hall–Kier alpha value is -1.48. The van der Waals surface area contributed by atoms with E-state index in [9.17, 15) is 0 Å². The van der Waals surface area contributed by atoms with Crippen molar-refractivity contribution in [3.05, 3.63) is 41.0 Å². The Morgan fingerprint density at radius 1 is 1.38 bits per heavy atom. The molecule has 4 heteroatoms. The Labute approximate surface area is 99.8 Å². The van der Waals surface area contributed by atoms with E-state index in [1.807, 2.05) is 24.4 Å². The number of halogens is 1. The fourth-order valence-electron chi connectivity index (χ4n) is 1.63. The van der Waals surface area contributed by atoms with E-state index in [1.54, 1.807) is 10.7 Å². The highest BCUT2D eigenvalue weighted by Gasteiger charge is 2.03. The van der Waals surface area contributed by atoms with Crippen molar-refractivity contribution in [1.29, 1.82) is 0 Å². The van der Waals surface area contributed by atoms with E-state index >= 15 is 0 Å². The molecule has 0 atom stereocenters. The van der Waals surface area contributed by atoms with Crippen LogP contribution in [-0.4, -0.2) is 9.78 Å². The van der Waals surface area contributed by atoms with E-state index in [0.29, 0.717) is 5.82 Å². The molecule has 1 aromatic heterocycles. The zero-order chi connectivity index (χ0) is 11.5. The van der Waals surface area contributed by atoms with Gasteiger partial charge in [-0.2, -0.15) is 5.10 Å². The van der Waals surface area contributed by atoms with E-state index < -0.39 is 0 Å². The van der Waals surface area contributed by atoms with Gasteiger partial charge in [-0.1, -0.05) is 31.0 Å². The molecule has 3 nitrogen and oxygen atoms in total. The minimum absolute atomic E-state index is 0.508. The third kappa shape index (κ3) is 2.19. The molecule has 0 aliphatic heterocycles. The normalized spacial score (nSPS) is 10.6. The first kappa shape index (κ1) is 11.0. The van der Waals surface area contributed by atoms with Gasteiger partial charge in [0.05, 0.1) is 5.69 Å². The van der Waals surface area contributed by atoms with Gasteiger partial charge >= 0.3 is 0 Å². The molecule has 0 fully saturated rings. The van der Waals surface area contributed by atoms with Crippen LogP contribution in [0.4, 0.5) is 5.82 Å². The zero-order valence-corrected chi connectivity index (χ0v) is 9.91. The summed E-state index contributed by atoms with van der Waals surface area (Å²) in [5.41, 5.74) is 7.67. The summed E-state index contributed by atoms with van der Waals surface area (Å²) >= 11 is 6.19. The molecule has 0 unspecified atom stereocenters. The van der Waals surface area contributed by atoms with Crippen LogP contribution in [0.5, 0.6) is 0 Å². The smallest absolute Gasteiger partial charge is 0.145 e. The summed E-state index contributed by atoms with van der Waals surface area (Å²) in [6.07, 6.45) is 3.91. The predicted octanol–water partition coefficient (Wildman–Crippen LogP) is 3.06. The van der Waals surface area contributed by atoms with Crippen LogP contribution in [0, 0.1) is 0 Å². The number of benzene rings is 1. The third-order valence-electron chi connectivity index (χ3n) is 2.43. The monoisotopic (exact) mass is 235 g/mol. The number of rotatable bonds is 3. The number of hydrogen-bond acceptors (Lipinski definition) is 2. The fraction of sp³-hybridized carbons (Fsp3) is 0.250. The molecule has 0 spiro atoms. The molecule has 0 bridgehead atoms. The van der Waals surface area contributed by atoms with Gasteiger partial charge in [0.15, 0.2) is 0 Å². The molecule has 16 heavy (non-hydrogen) atoms. The quantitative estimate of drug-likeness (QED) is 0.889. The lowest BCUT2D eigenvalue weighted by molar-refractivity contribution is 0.879. The fourth-order valence-corrected chi connectivity index (χ4v) is 1.90. The van der Waals surface area contributed by atoms with Gasteiger partial charge in [-0.15, -0.1) is 0 Å². The van der Waals surface area contributed by atoms with Gasteiger partial charge < -0.3 is 5.73 Å². The molecule has 84 valence electrons. The number of anilines is 1. The maximum Gasteiger partial charge on any atom is 0.145 e. The van der Waals surface area contributed by atoms with Crippen LogP contribution in [0.2, 0.25) is 5.02 Å². The SMILES string of the molecule is CCCc1ccc(-n2ccc(N)n2)cc1Cl. The summed E-state index contributed by atoms with van der Waals surface area (Å²) in [6, 6.07) is 7.72. The molecule has 2 rings (SSSR count). The second-order valence-electron chi connectivity index (χ2n) is 3.71. The van der Waals surface area contributed by atoms with E-state index in [0.717, 1.165) is 23.6 Å². The molecule has 0 saturated carbocycles. The highest BCUT2D eigenvalue weighted by atomic mass is 35.5. The van der Waals surface area contributed by atoms with Crippen LogP contribution >= 0.6 is 11.6 Å². The lowest BCUT2D eigenvalue weighted by Gasteiger charge is -2.06. The van der Waals surface area contributed by atoms with Crippen LogP contribution in [0.3, 0.4) is 0 Å². The van der Waals surface area contributed by atoms with Gasteiger partial charge in [0.1, 0.15) is 5.82 Å². The van der Waals surface area contributed by atoms with Crippen LogP contribution < -0.4 is 5.73 Å². The van der Waals surface area contributed by atoms with Crippen molar-refractivity contribution >= 4 is 17.4 Å². The van der Waals surface area contributed by atoms with Crippen molar-refractivity contribution in [2.45, 2.75) is 19.8 Å². The van der Waals surface area contributed by atoms with Crippen LogP contribution in [0.15, 0.2) is 30.5 Å². The number of aromatic nitrogens is 2. The first-order valence-corrected chi connectivity index (χ1v) is 5.68. The Balaban J connectivity index is 2.34. The lowest BCUT2D eigenvalue weighted by atomic mass is 10.1. The summed E-state index contributed by atoms with van der Waals surface area (Å²) in [6.45, 7) is 2.14. The highest BCUT2D eigenvalue weighted by Crippen LogP contribution is 2.21. The van der Waals surface area contributed by atoms with Crippen molar-refractivity contribution in [3.8, 4) is 5.69 Å². The summed E-state index contributed by atoms with van der Waals surface area (Å²) in [5.74, 6) is 0.508. The van der Waals surface area contributed by atoms with Crippen molar-refractivity contribution in [2.24, 2.45) is 0 Å². The molecule has 0 aliphatic carbocycles. The van der Waals surface area contributed by atoms with E-state index in [4.69, 9.17) is 17.3 Å². The minimum Gasteiger partial charge on any atom is -0.382 e. The lowest BCUT2D eigenvalue weighted by Crippen LogP contribution is -1.97. The number of aryl methyl sites for hydroxylation is 1. The Morgan fingerprint density at radius 3 is 2.75 bits per heavy atom. The zero-order valence-electron chi connectivity index (χ0n) is 9.15. The van der Waals surface area contributed by atoms with Gasteiger partial charge in [-0.05, 0) is 24.1 Å². The molecule has 1 heterocycles. The van der Waals surface area contributed by atoms with Gasteiger partial charge in [0.25, 0.3) is 0 Å². The molecule has 2 N–H and O–H groups in total. The third-order valence-corrected chi connectivity index (χ3v) is 2.78. The second-order valence-corrected chi connectivity index (χ2v) is 4.12. The Bertz CT molecular complexity index is 491. The number of nitrogen functional groups attached to an aromatic ring is 1. The first-order valence-electron chi connectivity index (χ1n) is 5.30. The van der Waals surface area contributed by atoms with Crippen molar-refractivity contribution in [2.75, 3.05) is 5.73 Å². The molecular weight excluding hydrogens is 222 g/mol. The predicted molar refractivity (Wildman–Crippen MR) is 67.0 cm³/mol. The standard InChI is InChI=1S/C12H14ClN3/c1-2-3-9-4-5-10(8-11(9)13)16-7-6-12(14)15-16/h4-8H,2-3H2,1H3,(H2,14,15). The average Bonchev–Trinajstić information content (AvgIpc) is 2.68. The minimum atomic E-state index is 0.508. The summed E-state index contributed by atoms with van der Waals surface area (Å²) in [4.78, 5) is 0. The number of nitrogens with two attached hydrogens (primary N) is 1. The van der Waals surface area contributed by atoms with Gasteiger partial charge in [-0.25, -0.2) is 4.68 Å². The van der Waals surface area contributed by atoms with Crippen LogP contribution in [0.25, 0.3) is 5.69 Å². The molecule has 0 radical (unpaired) electrons. The van der Waals surface area contributed by atoms with E-state index in [1.165, 1.54) is 5.56 Å². The summed E-state index contributed by atoms with van der Waals surface area (Å²) in [7, 11) is 0. The first-order chi connectivity index (χ1) is 7.70. The molecule has 1 aromatic carbocycles. The Morgan fingerprint density at radius 2 is 2.19 bits per heavy atom. The summed E-state index contributed by atoms with van der Waals surface area (Å²) < 4.78 is 1.72. The highest BCUT2D eigenvalue weighted by molar-refractivity contribution is 6.31. The molecule has 0 saturated heterocycles. The molecule has 0 amide bonds. The van der Waals surface area contributed by atoms with Crippen molar-refractivity contribution in [1.82, 2.24) is 9.78 Å². The van der Waals surface area contributed by atoms with Crippen molar-refractivity contribution in [3.63, 3.8) is 0 Å². The van der Waals surface area contributed by atoms with Crippen LogP contribution in [0.1, 0.15) is 18.9 Å². The van der Waals surface area contributed by atoms with Gasteiger partial charge in [0.2, 0.25) is 0 Å². The van der Waals surface area contributed by atoms with Gasteiger partial charge in [-0.3, -0.25) is 0 Å². The van der Waals surface area contributed by atoms with E-state index in [-0.39, 0.29) is 0 Å². The molecular formula is C12H14ClN3. The summed E-state index contributed by atoms with van der Waals surface area (Å²) in [5, 5.41) is 4.92. The maximum absolute atomic E-state index is 6.19. The topological polar surface area (TPSA) is 43.8 Å². The van der Waals surface area contributed by atoms with Gasteiger partial charge in [0, 0.05) is 17.3 Å². The van der Waals surface area contributed by atoms with E-state index in [2.05, 4.69) is 12.0 Å². The molecule has 2 aromatic rings.